The summed E-state index contributed by atoms with van der Waals surface area (Å²) in [5.41, 5.74) is 0.744. The molecular weight excluding hydrogens is 468 g/mol. The molecule has 0 spiro atoms. The van der Waals surface area contributed by atoms with Crippen LogP contribution < -0.4 is 5.32 Å². The molecule has 0 aromatic heterocycles. The summed E-state index contributed by atoms with van der Waals surface area (Å²) in [5, 5.41) is 12.1. The van der Waals surface area contributed by atoms with Gasteiger partial charge < -0.3 is 10.4 Å². The van der Waals surface area contributed by atoms with Gasteiger partial charge in [-0.25, -0.2) is 0 Å². The molecule has 116 valence electrons. The summed E-state index contributed by atoms with van der Waals surface area (Å²) in [6.45, 7) is 2.36. The summed E-state index contributed by atoms with van der Waals surface area (Å²) >= 11 is 10.3. The maximum Gasteiger partial charge on any atom is 0.238 e. The highest BCUT2D eigenvalue weighted by atomic mass is 79.9. The van der Waals surface area contributed by atoms with Gasteiger partial charge >= 0.3 is 0 Å². The van der Waals surface area contributed by atoms with E-state index in [1.54, 1.807) is 0 Å². The number of aliphatic hydroxyl groups is 1. The number of carbonyl (C=O) groups is 1. The van der Waals surface area contributed by atoms with Gasteiger partial charge in [0.1, 0.15) is 0 Å². The van der Waals surface area contributed by atoms with Crippen molar-refractivity contribution in [3.63, 3.8) is 0 Å². The lowest BCUT2D eigenvalue weighted by molar-refractivity contribution is -0.117. The van der Waals surface area contributed by atoms with Gasteiger partial charge in [-0.1, -0.05) is 15.9 Å². The van der Waals surface area contributed by atoms with E-state index in [1.165, 1.54) is 0 Å². The lowest BCUT2D eigenvalue weighted by Gasteiger charge is -2.30. The van der Waals surface area contributed by atoms with Crippen molar-refractivity contribution in [2.75, 3.05) is 31.6 Å². The number of benzene rings is 1. The minimum atomic E-state index is -0.0267. The van der Waals surface area contributed by atoms with Crippen LogP contribution in [0, 0.1) is 5.92 Å². The summed E-state index contributed by atoms with van der Waals surface area (Å²) in [4.78, 5) is 14.3. The standard InChI is InChI=1S/C14H17Br3N2O2/c15-10-5-11(16)14(12(17)6-10)18-13(21)7-19-3-1-9(8-20)2-4-19/h5-6,9,20H,1-4,7-8H2,(H,18,21). The molecule has 1 aliphatic heterocycles. The fourth-order valence-corrected chi connectivity index (χ4v) is 4.83. The highest BCUT2D eigenvalue weighted by Gasteiger charge is 2.20. The number of amides is 1. The summed E-state index contributed by atoms with van der Waals surface area (Å²) < 4.78 is 2.59. The van der Waals surface area contributed by atoms with Crippen molar-refractivity contribution >= 4 is 59.4 Å². The van der Waals surface area contributed by atoms with Gasteiger partial charge in [0.25, 0.3) is 0 Å². The van der Waals surface area contributed by atoms with Gasteiger partial charge in [-0.15, -0.1) is 0 Å². The van der Waals surface area contributed by atoms with Gasteiger partial charge in [-0.3, -0.25) is 9.69 Å². The molecule has 21 heavy (non-hydrogen) atoms. The first kappa shape index (κ1) is 17.4. The number of likely N-dealkylation sites (tertiary alicyclic amines) is 1. The molecule has 0 bridgehead atoms. The Morgan fingerprint density at radius 1 is 1.24 bits per heavy atom. The van der Waals surface area contributed by atoms with Crippen molar-refractivity contribution in [1.29, 1.82) is 0 Å². The molecule has 0 unspecified atom stereocenters. The summed E-state index contributed by atoms with van der Waals surface area (Å²) in [6.07, 6.45) is 1.91. The van der Waals surface area contributed by atoms with Gasteiger partial charge in [0.15, 0.2) is 0 Å². The highest BCUT2D eigenvalue weighted by molar-refractivity contribution is 9.11. The summed E-state index contributed by atoms with van der Waals surface area (Å²) in [7, 11) is 0. The van der Waals surface area contributed by atoms with E-state index in [4.69, 9.17) is 5.11 Å². The van der Waals surface area contributed by atoms with Crippen molar-refractivity contribution in [1.82, 2.24) is 4.90 Å². The molecule has 0 atom stereocenters. The van der Waals surface area contributed by atoms with Crippen LogP contribution in [0.3, 0.4) is 0 Å². The monoisotopic (exact) mass is 482 g/mol. The number of piperidine rings is 1. The van der Waals surface area contributed by atoms with Crippen LogP contribution in [0.4, 0.5) is 5.69 Å². The molecule has 1 amide bonds. The van der Waals surface area contributed by atoms with Crippen LogP contribution in [0.25, 0.3) is 0 Å². The molecule has 2 rings (SSSR count). The molecule has 0 aliphatic carbocycles. The quantitative estimate of drug-likeness (QED) is 0.686. The fraction of sp³-hybridized carbons (Fsp3) is 0.500. The molecule has 1 aromatic carbocycles. The Balaban J connectivity index is 1.91. The van der Waals surface area contributed by atoms with Crippen LogP contribution in [0.5, 0.6) is 0 Å². The smallest absolute Gasteiger partial charge is 0.238 e. The molecule has 1 heterocycles. The maximum absolute atomic E-state index is 12.2. The van der Waals surface area contributed by atoms with Crippen molar-refractivity contribution in [3.8, 4) is 0 Å². The van der Waals surface area contributed by atoms with Crippen molar-refractivity contribution in [2.24, 2.45) is 5.92 Å². The Bertz CT molecular complexity index is 494. The van der Waals surface area contributed by atoms with Crippen LogP contribution in [0.15, 0.2) is 25.6 Å². The van der Waals surface area contributed by atoms with E-state index in [-0.39, 0.29) is 12.5 Å². The highest BCUT2D eigenvalue weighted by Crippen LogP contribution is 2.34. The fourth-order valence-electron chi connectivity index (χ4n) is 2.37. The number of halogens is 3. The van der Waals surface area contributed by atoms with Crippen LogP contribution in [0.1, 0.15) is 12.8 Å². The predicted molar refractivity (Wildman–Crippen MR) is 94.4 cm³/mol. The zero-order chi connectivity index (χ0) is 15.4. The topological polar surface area (TPSA) is 52.6 Å². The lowest BCUT2D eigenvalue weighted by atomic mass is 9.98. The second-order valence-corrected chi connectivity index (χ2v) is 7.82. The first-order valence-electron chi connectivity index (χ1n) is 6.77. The number of hydrogen-bond donors (Lipinski definition) is 2. The molecule has 7 heteroatoms. The van der Waals surface area contributed by atoms with E-state index in [1.807, 2.05) is 12.1 Å². The molecule has 1 fully saturated rings. The number of nitrogens with zero attached hydrogens (tertiary/aromatic N) is 1. The second-order valence-electron chi connectivity index (χ2n) is 5.19. The number of rotatable bonds is 4. The average molecular weight is 485 g/mol. The van der Waals surface area contributed by atoms with E-state index in [2.05, 4.69) is 58.0 Å². The lowest BCUT2D eigenvalue weighted by Crippen LogP contribution is -2.39. The van der Waals surface area contributed by atoms with Crippen LogP contribution in [-0.4, -0.2) is 42.2 Å². The second kappa shape index (κ2) is 8.06. The van der Waals surface area contributed by atoms with Crippen molar-refractivity contribution in [3.05, 3.63) is 25.6 Å². The minimum Gasteiger partial charge on any atom is -0.396 e. The maximum atomic E-state index is 12.2. The van der Waals surface area contributed by atoms with E-state index in [0.29, 0.717) is 12.5 Å². The number of aliphatic hydroxyl groups excluding tert-OH is 1. The molecule has 1 aliphatic rings. The Morgan fingerprint density at radius 3 is 2.33 bits per heavy atom. The van der Waals surface area contributed by atoms with E-state index in [0.717, 1.165) is 45.0 Å². The Hall–Kier alpha value is 0.0500. The van der Waals surface area contributed by atoms with Crippen molar-refractivity contribution in [2.45, 2.75) is 12.8 Å². The minimum absolute atomic E-state index is 0.0267. The van der Waals surface area contributed by atoms with Gasteiger partial charge in [-0.2, -0.15) is 0 Å². The first-order valence-corrected chi connectivity index (χ1v) is 9.15. The first-order chi connectivity index (χ1) is 9.99. The molecule has 2 N–H and O–H groups in total. The predicted octanol–water partition coefficient (Wildman–Crippen LogP) is 3.62. The Labute approximate surface area is 149 Å². The van der Waals surface area contributed by atoms with Crippen molar-refractivity contribution < 1.29 is 9.90 Å². The van der Waals surface area contributed by atoms with Gasteiger partial charge in [0, 0.05) is 20.0 Å². The molecule has 1 saturated heterocycles. The van der Waals surface area contributed by atoms with Crippen LogP contribution in [0.2, 0.25) is 0 Å². The molecule has 0 saturated carbocycles. The molecular formula is C14H17Br3N2O2. The number of carbonyl (C=O) groups excluding carboxylic acids is 1. The third-order valence-corrected chi connectivity index (χ3v) is 5.31. The molecule has 4 nitrogen and oxygen atoms in total. The number of nitrogens with one attached hydrogen (secondary N) is 1. The van der Waals surface area contributed by atoms with E-state index in [9.17, 15) is 4.79 Å². The Morgan fingerprint density at radius 2 is 1.81 bits per heavy atom. The molecule has 0 radical (unpaired) electrons. The largest absolute Gasteiger partial charge is 0.396 e. The molecule has 1 aromatic rings. The Kier molecular flexibility index (Phi) is 6.68. The summed E-state index contributed by atoms with van der Waals surface area (Å²) in [5.74, 6) is 0.361. The van der Waals surface area contributed by atoms with E-state index < -0.39 is 0 Å². The third kappa shape index (κ3) is 5.03. The van der Waals surface area contributed by atoms with Crippen LogP contribution in [-0.2, 0) is 4.79 Å². The zero-order valence-corrected chi connectivity index (χ0v) is 16.2. The van der Waals surface area contributed by atoms with Crippen LogP contribution >= 0.6 is 47.8 Å². The van der Waals surface area contributed by atoms with E-state index >= 15 is 0 Å². The number of hydrogen-bond acceptors (Lipinski definition) is 3. The summed E-state index contributed by atoms with van der Waals surface area (Å²) in [6, 6.07) is 3.79. The van der Waals surface area contributed by atoms with Gasteiger partial charge in [0.05, 0.1) is 12.2 Å². The SMILES string of the molecule is O=C(CN1CCC(CO)CC1)Nc1c(Br)cc(Br)cc1Br. The zero-order valence-electron chi connectivity index (χ0n) is 11.4. The normalized spacial score (nSPS) is 17.0. The average Bonchev–Trinajstić information content (AvgIpc) is 2.43. The third-order valence-electron chi connectivity index (χ3n) is 3.60. The van der Waals surface area contributed by atoms with Gasteiger partial charge in [-0.05, 0) is 75.8 Å². The number of anilines is 1. The van der Waals surface area contributed by atoms with Gasteiger partial charge in [0.2, 0.25) is 5.91 Å².